The predicted octanol–water partition coefficient (Wildman–Crippen LogP) is 4.31. The van der Waals surface area contributed by atoms with Gasteiger partial charge in [-0.3, -0.25) is 0 Å². The van der Waals surface area contributed by atoms with Gasteiger partial charge < -0.3 is 0 Å². The van der Waals surface area contributed by atoms with Gasteiger partial charge in [0.25, 0.3) is 0 Å². The molecule has 1 atom stereocenters. The summed E-state index contributed by atoms with van der Waals surface area (Å²) in [6.45, 7) is 1.44. The van der Waals surface area contributed by atoms with Crippen molar-refractivity contribution in [1.29, 1.82) is 0 Å². The number of halogens is 4. The molecule has 0 aliphatic carbocycles. The van der Waals surface area contributed by atoms with Gasteiger partial charge in [0.1, 0.15) is 16.5 Å². The molecule has 0 aliphatic heterocycles. The molecule has 22 heavy (non-hydrogen) atoms. The summed E-state index contributed by atoms with van der Waals surface area (Å²) in [5, 5.41) is 0.189. The van der Waals surface area contributed by atoms with Crippen LogP contribution in [0.15, 0.2) is 41.3 Å². The third kappa shape index (κ3) is 3.76. The van der Waals surface area contributed by atoms with Crippen LogP contribution in [0.25, 0.3) is 0 Å². The van der Waals surface area contributed by atoms with Crippen LogP contribution in [0, 0.1) is 11.6 Å². The average Bonchev–Trinajstić information content (AvgIpc) is 2.40. The molecule has 0 aromatic heterocycles. The number of sulfonamides is 1. The molecular weight excluding hydrogens is 355 g/mol. The molecule has 0 saturated carbocycles. The van der Waals surface area contributed by atoms with Gasteiger partial charge in [0.15, 0.2) is 0 Å². The molecule has 1 N–H and O–H groups in total. The first-order valence-electron chi connectivity index (χ1n) is 6.13. The molecule has 0 fully saturated rings. The van der Waals surface area contributed by atoms with E-state index in [0.29, 0.717) is 6.07 Å². The summed E-state index contributed by atoms with van der Waals surface area (Å²) in [5.41, 5.74) is 0.0168. The lowest BCUT2D eigenvalue weighted by molar-refractivity contribution is 0.540. The number of nitrogens with one attached hydrogen (secondary N) is 1. The molecule has 0 aliphatic rings. The summed E-state index contributed by atoms with van der Waals surface area (Å²) >= 11 is 11.6. The molecule has 0 amide bonds. The van der Waals surface area contributed by atoms with Crippen LogP contribution in [-0.4, -0.2) is 8.42 Å². The molecule has 8 heteroatoms. The topological polar surface area (TPSA) is 46.2 Å². The highest BCUT2D eigenvalue weighted by atomic mass is 35.5. The third-order valence-corrected chi connectivity index (χ3v) is 5.20. The first-order valence-corrected chi connectivity index (χ1v) is 8.37. The van der Waals surface area contributed by atoms with Crippen molar-refractivity contribution in [3.05, 3.63) is 63.6 Å². The average molecular weight is 366 g/mol. The van der Waals surface area contributed by atoms with Gasteiger partial charge in [0.2, 0.25) is 10.0 Å². The molecule has 0 unspecified atom stereocenters. The zero-order chi connectivity index (χ0) is 16.5. The second-order valence-electron chi connectivity index (χ2n) is 4.58. The van der Waals surface area contributed by atoms with Crippen LogP contribution in [0.1, 0.15) is 18.5 Å². The van der Waals surface area contributed by atoms with Gasteiger partial charge in [0, 0.05) is 22.7 Å². The van der Waals surface area contributed by atoms with E-state index in [2.05, 4.69) is 4.72 Å². The molecule has 2 aromatic rings. The Balaban J connectivity index is 2.34. The fraction of sp³-hybridized carbons (Fsp3) is 0.143. The molecule has 0 heterocycles. The minimum Gasteiger partial charge on any atom is -0.207 e. The molecule has 3 nitrogen and oxygen atoms in total. The Morgan fingerprint density at radius 1 is 1.09 bits per heavy atom. The van der Waals surface area contributed by atoms with Crippen LogP contribution in [-0.2, 0) is 10.0 Å². The van der Waals surface area contributed by atoms with Crippen molar-refractivity contribution in [2.75, 3.05) is 0 Å². The third-order valence-electron chi connectivity index (χ3n) is 2.94. The first kappa shape index (κ1) is 17.1. The van der Waals surface area contributed by atoms with Crippen LogP contribution in [0.5, 0.6) is 0 Å². The SMILES string of the molecule is C[C@@H](NS(=O)(=O)c1cc(Cl)ccc1Cl)c1ccc(F)cc1F. The van der Waals surface area contributed by atoms with E-state index in [-0.39, 0.29) is 20.5 Å². The van der Waals surface area contributed by atoms with E-state index in [1.54, 1.807) is 0 Å². The van der Waals surface area contributed by atoms with Gasteiger partial charge in [-0.2, -0.15) is 0 Å². The highest BCUT2D eigenvalue weighted by molar-refractivity contribution is 7.89. The minimum absolute atomic E-state index is 0.0105. The van der Waals surface area contributed by atoms with Crippen LogP contribution in [0.2, 0.25) is 10.0 Å². The summed E-state index contributed by atoms with van der Waals surface area (Å²) in [6, 6.07) is 5.99. The normalized spacial score (nSPS) is 13.1. The lowest BCUT2D eigenvalue weighted by atomic mass is 10.1. The lowest BCUT2D eigenvalue weighted by Gasteiger charge is -2.16. The van der Waals surface area contributed by atoms with Crippen molar-refractivity contribution in [1.82, 2.24) is 4.72 Å². The molecule has 0 spiro atoms. The standard InChI is InChI=1S/C14H11Cl2F2NO2S/c1-8(11-4-3-10(17)7-13(11)18)19-22(20,21)14-6-9(15)2-5-12(14)16/h2-8,19H,1H3/t8-/m1/s1. The van der Waals surface area contributed by atoms with E-state index in [0.717, 1.165) is 6.07 Å². The maximum atomic E-state index is 13.7. The second kappa shape index (κ2) is 6.50. The number of hydrogen-bond acceptors (Lipinski definition) is 2. The van der Waals surface area contributed by atoms with Gasteiger partial charge >= 0.3 is 0 Å². The fourth-order valence-corrected chi connectivity index (χ4v) is 3.88. The summed E-state index contributed by atoms with van der Waals surface area (Å²) in [5.74, 6) is -1.58. The van der Waals surface area contributed by atoms with E-state index in [9.17, 15) is 17.2 Å². The molecule has 0 bridgehead atoms. The van der Waals surface area contributed by atoms with Gasteiger partial charge in [-0.1, -0.05) is 29.3 Å². The zero-order valence-corrected chi connectivity index (χ0v) is 13.6. The van der Waals surface area contributed by atoms with Crippen LogP contribution < -0.4 is 4.72 Å². The molecule has 0 saturated heterocycles. The van der Waals surface area contributed by atoms with E-state index < -0.39 is 27.7 Å². The van der Waals surface area contributed by atoms with Crippen molar-refractivity contribution in [2.24, 2.45) is 0 Å². The van der Waals surface area contributed by atoms with Crippen LogP contribution in [0.3, 0.4) is 0 Å². The largest absolute Gasteiger partial charge is 0.242 e. The maximum Gasteiger partial charge on any atom is 0.242 e. The van der Waals surface area contributed by atoms with Gasteiger partial charge in [-0.15, -0.1) is 0 Å². The zero-order valence-electron chi connectivity index (χ0n) is 11.3. The molecule has 118 valence electrons. The maximum absolute atomic E-state index is 13.7. The molecule has 2 rings (SSSR count). The first-order chi connectivity index (χ1) is 10.2. The molecule has 0 radical (unpaired) electrons. The fourth-order valence-electron chi connectivity index (χ4n) is 1.90. The van der Waals surface area contributed by atoms with Gasteiger partial charge in [0.05, 0.1) is 5.02 Å². The van der Waals surface area contributed by atoms with Crippen molar-refractivity contribution in [3.8, 4) is 0 Å². The molecular formula is C14H11Cl2F2NO2S. The van der Waals surface area contributed by atoms with Crippen molar-refractivity contribution in [2.45, 2.75) is 17.9 Å². The van der Waals surface area contributed by atoms with E-state index >= 15 is 0 Å². The van der Waals surface area contributed by atoms with Crippen molar-refractivity contribution >= 4 is 33.2 Å². The molecule has 2 aromatic carbocycles. The second-order valence-corrected chi connectivity index (χ2v) is 7.11. The highest BCUT2D eigenvalue weighted by Crippen LogP contribution is 2.27. The Morgan fingerprint density at radius 2 is 1.77 bits per heavy atom. The number of benzene rings is 2. The Kier molecular flexibility index (Phi) is 5.07. The van der Waals surface area contributed by atoms with E-state index in [1.165, 1.54) is 31.2 Å². The minimum atomic E-state index is -4.01. The number of hydrogen-bond donors (Lipinski definition) is 1. The van der Waals surface area contributed by atoms with E-state index in [1.807, 2.05) is 0 Å². The Hall–Kier alpha value is -1.21. The highest BCUT2D eigenvalue weighted by Gasteiger charge is 2.23. The van der Waals surface area contributed by atoms with Crippen LogP contribution in [0.4, 0.5) is 8.78 Å². The Morgan fingerprint density at radius 3 is 2.41 bits per heavy atom. The Labute approximate surface area is 136 Å². The lowest BCUT2D eigenvalue weighted by Crippen LogP contribution is -2.27. The summed E-state index contributed by atoms with van der Waals surface area (Å²) in [6.07, 6.45) is 0. The smallest absolute Gasteiger partial charge is 0.207 e. The quantitative estimate of drug-likeness (QED) is 0.877. The van der Waals surface area contributed by atoms with Gasteiger partial charge in [-0.25, -0.2) is 21.9 Å². The Bertz CT molecular complexity index is 812. The van der Waals surface area contributed by atoms with Gasteiger partial charge in [-0.05, 0) is 31.2 Å². The summed E-state index contributed by atoms with van der Waals surface area (Å²) in [7, 11) is -4.01. The summed E-state index contributed by atoms with van der Waals surface area (Å²) in [4.78, 5) is -0.212. The van der Waals surface area contributed by atoms with Crippen molar-refractivity contribution < 1.29 is 17.2 Å². The monoisotopic (exact) mass is 365 g/mol. The number of rotatable bonds is 4. The van der Waals surface area contributed by atoms with Crippen molar-refractivity contribution in [3.63, 3.8) is 0 Å². The summed E-state index contributed by atoms with van der Waals surface area (Å²) < 4.78 is 53.5. The van der Waals surface area contributed by atoms with E-state index in [4.69, 9.17) is 23.2 Å². The van der Waals surface area contributed by atoms with Crippen LogP contribution >= 0.6 is 23.2 Å². The predicted molar refractivity (Wildman–Crippen MR) is 81.6 cm³/mol.